The molecule has 0 aliphatic carbocycles. The van der Waals surface area contributed by atoms with E-state index in [9.17, 15) is 14.0 Å². The number of morpholine rings is 1. The highest BCUT2D eigenvalue weighted by Crippen LogP contribution is 2.33. The first-order valence-corrected chi connectivity index (χ1v) is 11.5. The average molecular weight is 460 g/mol. The van der Waals surface area contributed by atoms with Crippen LogP contribution in [0.25, 0.3) is 27.1 Å². The van der Waals surface area contributed by atoms with E-state index in [1.807, 2.05) is 9.78 Å². The summed E-state index contributed by atoms with van der Waals surface area (Å²) in [6.07, 6.45) is 0. The minimum atomic E-state index is -0.332. The highest BCUT2D eigenvalue weighted by atomic mass is 32.2. The van der Waals surface area contributed by atoms with Crippen molar-refractivity contribution in [2.75, 3.05) is 32.1 Å². The van der Waals surface area contributed by atoms with Crippen LogP contribution in [0.1, 0.15) is 0 Å². The molecule has 5 rings (SSSR count). The number of carbonyl (C=O) groups excluding carboxylic acids is 1. The first-order valence-electron chi connectivity index (χ1n) is 9.64. The molecule has 1 aromatic carbocycles. The minimum Gasteiger partial charge on any atom is -0.378 e. The van der Waals surface area contributed by atoms with Gasteiger partial charge in [-0.3, -0.25) is 14.2 Å². The van der Waals surface area contributed by atoms with Gasteiger partial charge in [-0.25, -0.2) is 8.79 Å². The molecule has 31 heavy (non-hydrogen) atoms. The van der Waals surface area contributed by atoms with E-state index >= 15 is 0 Å². The van der Waals surface area contributed by atoms with Crippen LogP contribution in [0.15, 0.2) is 39.6 Å². The van der Waals surface area contributed by atoms with Gasteiger partial charge in [0.25, 0.3) is 5.56 Å². The summed E-state index contributed by atoms with van der Waals surface area (Å²) in [6, 6.07) is 6.06. The maximum atomic E-state index is 13.4. The van der Waals surface area contributed by atoms with E-state index in [1.165, 1.54) is 39.8 Å². The lowest BCUT2D eigenvalue weighted by atomic mass is 10.1. The molecule has 0 atom stereocenters. The van der Waals surface area contributed by atoms with Gasteiger partial charge in [0.05, 0.1) is 24.4 Å². The fourth-order valence-electron chi connectivity index (χ4n) is 3.60. The molecule has 3 aromatic heterocycles. The van der Waals surface area contributed by atoms with Gasteiger partial charge in [0.1, 0.15) is 10.6 Å². The van der Waals surface area contributed by atoms with Crippen molar-refractivity contribution in [3.63, 3.8) is 0 Å². The highest BCUT2D eigenvalue weighted by molar-refractivity contribution is 7.99. The van der Waals surface area contributed by atoms with Crippen LogP contribution in [0.3, 0.4) is 0 Å². The van der Waals surface area contributed by atoms with Crippen LogP contribution in [0.2, 0.25) is 0 Å². The zero-order valence-corrected chi connectivity index (χ0v) is 18.2. The number of hydrogen-bond donors (Lipinski definition) is 0. The molecule has 1 aliphatic rings. The molecular weight excluding hydrogens is 441 g/mol. The van der Waals surface area contributed by atoms with Crippen molar-refractivity contribution in [3.05, 3.63) is 45.8 Å². The van der Waals surface area contributed by atoms with Crippen LogP contribution < -0.4 is 5.56 Å². The largest absolute Gasteiger partial charge is 0.378 e. The van der Waals surface area contributed by atoms with Gasteiger partial charge >= 0.3 is 0 Å². The summed E-state index contributed by atoms with van der Waals surface area (Å²) >= 11 is 2.69. The molecule has 8 nitrogen and oxygen atoms in total. The van der Waals surface area contributed by atoms with Crippen molar-refractivity contribution in [2.24, 2.45) is 7.05 Å². The molecule has 0 N–H and O–H groups in total. The van der Waals surface area contributed by atoms with Gasteiger partial charge in [0.15, 0.2) is 5.16 Å². The number of benzene rings is 1. The molecule has 1 amide bonds. The second-order valence-corrected chi connectivity index (χ2v) is 8.90. The number of aryl methyl sites for hydroxylation is 1. The summed E-state index contributed by atoms with van der Waals surface area (Å²) in [5.74, 6) is 0.318. The summed E-state index contributed by atoms with van der Waals surface area (Å²) in [4.78, 5) is 28.1. The van der Waals surface area contributed by atoms with Crippen molar-refractivity contribution in [1.82, 2.24) is 24.1 Å². The Morgan fingerprint density at radius 2 is 1.97 bits per heavy atom. The summed E-state index contributed by atoms with van der Waals surface area (Å²) in [6.45, 7) is 2.28. The van der Waals surface area contributed by atoms with Gasteiger partial charge in [-0.1, -0.05) is 23.9 Å². The number of carbonyl (C=O) groups is 1. The van der Waals surface area contributed by atoms with Gasteiger partial charge < -0.3 is 9.64 Å². The second-order valence-electron chi connectivity index (χ2n) is 7.10. The molecule has 1 aliphatic heterocycles. The van der Waals surface area contributed by atoms with Crippen molar-refractivity contribution in [2.45, 2.75) is 5.16 Å². The number of aromatic nitrogens is 4. The summed E-state index contributed by atoms with van der Waals surface area (Å²) in [5.41, 5.74) is 1.29. The normalized spacial score (nSPS) is 14.6. The maximum Gasteiger partial charge on any atom is 0.264 e. The quantitative estimate of drug-likeness (QED) is 0.436. The molecular formula is C20H18FN5O3S2. The molecule has 0 radical (unpaired) electrons. The Bertz CT molecular complexity index is 1340. The molecule has 1 fully saturated rings. The lowest BCUT2D eigenvalue weighted by molar-refractivity contribution is -0.132. The fourth-order valence-corrected chi connectivity index (χ4v) is 5.57. The zero-order valence-electron chi connectivity index (χ0n) is 16.6. The van der Waals surface area contributed by atoms with Crippen molar-refractivity contribution < 1.29 is 13.9 Å². The van der Waals surface area contributed by atoms with Crippen LogP contribution in [-0.2, 0) is 16.6 Å². The molecule has 0 bridgehead atoms. The SMILES string of the molecule is Cn1c(=O)c2c(-c3ccc(F)cc3)csc2n2c(SCC(=O)N3CCOCC3)nnc12. The number of halogens is 1. The second kappa shape index (κ2) is 8.06. The number of thioether (sulfide) groups is 1. The van der Waals surface area contributed by atoms with E-state index in [-0.39, 0.29) is 23.0 Å². The number of fused-ring (bicyclic) bond motifs is 3. The van der Waals surface area contributed by atoms with Crippen molar-refractivity contribution in [1.29, 1.82) is 0 Å². The highest BCUT2D eigenvalue weighted by Gasteiger charge is 2.22. The topological polar surface area (TPSA) is 81.7 Å². The number of ether oxygens (including phenoxy) is 1. The van der Waals surface area contributed by atoms with E-state index in [2.05, 4.69) is 10.2 Å². The summed E-state index contributed by atoms with van der Waals surface area (Å²) < 4.78 is 21.9. The number of amides is 1. The van der Waals surface area contributed by atoms with Gasteiger partial charge in [0.2, 0.25) is 11.7 Å². The van der Waals surface area contributed by atoms with Crippen LogP contribution in [-0.4, -0.2) is 62.0 Å². The van der Waals surface area contributed by atoms with Crippen molar-refractivity contribution in [3.8, 4) is 11.1 Å². The van der Waals surface area contributed by atoms with Gasteiger partial charge in [0, 0.05) is 31.1 Å². The van der Waals surface area contributed by atoms with Gasteiger partial charge in [-0.15, -0.1) is 21.5 Å². The fraction of sp³-hybridized carbons (Fsp3) is 0.300. The Labute approximate surface area is 184 Å². The first-order chi connectivity index (χ1) is 15.0. The Morgan fingerprint density at radius 1 is 1.23 bits per heavy atom. The Hall–Kier alpha value is -2.76. The molecule has 160 valence electrons. The first kappa shape index (κ1) is 20.2. The minimum absolute atomic E-state index is 0.0179. The molecule has 4 heterocycles. The van der Waals surface area contributed by atoms with Crippen LogP contribution in [0, 0.1) is 5.82 Å². The molecule has 0 spiro atoms. The third-order valence-electron chi connectivity index (χ3n) is 5.25. The van der Waals surface area contributed by atoms with E-state index in [4.69, 9.17) is 4.74 Å². The van der Waals surface area contributed by atoms with Gasteiger partial charge in [-0.2, -0.15) is 0 Å². The third-order valence-corrected chi connectivity index (χ3v) is 7.13. The molecule has 4 aromatic rings. The number of rotatable bonds is 4. The monoisotopic (exact) mass is 459 g/mol. The third kappa shape index (κ3) is 3.52. The lowest BCUT2D eigenvalue weighted by Crippen LogP contribution is -2.41. The number of nitrogens with zero attached hydrogens (tertiary/aromatic N) is 5. The maximum absolute atomic E-state index is 13.4. The molecule has 11 heteroatoms. The Balaban J connectivity index is 1.56. The van der Waals surface area contributed by atoms with E-state index < -0.39 is 0 Å². The number of thiophene rings is 1. The summed E-state index contributed by atoms with van der Waals surface area (Å²) in [7, 11) is 1.64. The zero-order chi connectivity index (χ0) is 21.5. The Morgan fingerprint density at radius 3 is 2.71 bits per heavy atom. The molecule has 1 saturated heterocycles. The lowest BCUT2D eigenvalue weighted by Gasteiger charge is -2.26. The number of hydrogen-bond acceptors (Lipinski definition) is 7. The van der Waals surface area contributed by atoms with Gasteiger partial charge in [-0.05, 0) is 17.7 Å². The molecule has 0 unspecified atom stereocenters. The standard InChI is InChI=1S/C20H18FN5O3S2/c1-24-17(28)16-14(12-2-4-13(21)5-3-12)10-30-18(16)26-19(24)22-23-20(26)31-11-15(27)25-6-8-29-9-7-25/h2-5,10H,6-9,11H2,1H3. The predicted molar refractivity (Wildman–Crippen MR) is 117 cm³/mol. The van der Waals surface area contributed by atoms with Crippen LogP contribution in [0.5, 0.6) is 0 Å². The smallest absolute Gasteiger partial charge is 0.264 e. The average Bonchev–Trinajstić information content (AvgIpc) is 3.41. The summed E-state index contributed by atoms with van der Waals surface area (Å²) in [5, 5.41) is 11.4. The van der Waals surface area contributed by atoms with E-state index in [0.29, 0.717) is 47.5 Å². The Kier molecular flexibility index (Phi) is 5.24. The van der Waals surface area contributed by atoms with Crippen molar-refractivity contribution >= 4 is 45.0 Å². The van der Waals surface area contributed by atoms with E-state index in [0.717, 1.165) is 11.1 Å². The predicted octanol–water partition coefficient (Wildman–Crippen LogP) is 2.40. The van der Waals surface area contributed by atoms with Crippen LogP contribution in [0.4, 0.5) is 4.39 Å². The van der Waals surface area contributed by atoms with E-state index in [1.54, 1.807) is 24.1 Å². The molecule has 0 saturated carbocycles. The van der Waals surface area contributed by atoms with Crippen LogP contribution >= 0.6 is 23.1 Å².